The van der Waals surface area contributed by atoms with Gasteiger partial charge < -0.3 is 4.74 Å². The van der Waals surface area contributed by atoms with Gasteiger partial charge in [0.2, 0.25) is 0 Å². The number of hydrogen-bond acceptors (Lipinski definition) is 2. The van der Waals surface area contributed by atoms with Crippen molar-refractivity contribution in [3.05, 3.63) is 138 Å². The summed E-state index contributed by atoms with van der Waals surface area (Å²) in [6.45, 7) is 2.01. The normalized spacial score (nSPS) is 14.0. The molecule has 6 aromatic rings. The molecule has 0 saturated heterocycles. The highest BCUT2D eigenvalue weighted by atomic mass is 32.2. The molecule has 1 aromatic heterocycles. The van der Waals surface area contributed by atoms with Gasteiger partial charge in [0, 0.05) is 32.4 Å². The first kappa shape index (κ1) is 21.1. The van der Waals surface area contributed by atoms with Gasteiger partial charge >= 0.3 is 5.97 Å². The van der Waals surface area contributed by atoms with Crippen molar-refractivity contribution in [2.75, 3.05) is 0 Å². The van der Waals surface area contributed by atoms with Crippen molar-refractivity contribution < 1.29 is 9.53 Å². The van der Waals surface area contributed by atoms with Crippen LogP contribution in [0.5, 0.6) is 0 Å². The van der Waals surface area contributed by atoms with Crippen LogP contribution in [0, 0.1) is 0 Å². The van der Waals surface area contributed by atoms with E-state index in [9.17, 15) is 4.79 Å². The molecule has 0 radical (unpaired) electrons. The van der Waals surface area contributed by atoms with Crippen LogP contribution in [0.25, 0.3) is 36.2 Å². The summed E-state index contributed by atoms with van der Waals surface area (Å²) in [7, 11) is -0.186. The van der Waals surface area contributed by atoms with Gasteiger partial charge in [0.05, 0.1) is 5.56 Å². The van der Waals surface area contributed by atoms with Crippen molar-refractivity contribution in [2.45, 2.75) is 12.5 Å². The molecule has 3 heteroatoms. The molecule has 0 saturated carbocycles. The quantitative estimate of drug-likeness (QED) is 0.186. The Labute approximate surface area is 212 Å². The van der Waals surface area contributed by atoms with Gasteiger partial charge in [-0.05, 0) is 60.5 Å². The van der Waals surface area contributed by atoms with E-state index in [2.05, 4.69) is 84.9 Å². The fraction of sp³-hybridized carbons (Fsp3) is 0.0606. The molecule has 1 aliphatic carbocycles. The number of hydrogen-bond donors (Lipinski definition) is 0. The van der Waals surface area contributed by atoms with Crippen LogP contribution in [0.4, 0.5) is 0 Å². The number of benzene rings is 5. The summed E-state index contributed by atoms with van der Waals surface area (Å²) in [5.74, 6) is -0.309. The van der Waals surface area contributed by atoms with E-state index in [1.807, 2.05) is 43.3 Å². The third-order valence-electron chi connectivity index (χ3n) is 7.28. The molecule has 0 spiro atoms. The number of carbonyl (C=O) groups excluding carboxylic acids is 1. The van der Waals surface area contributed by atoms with Gasteiger partial charge in [-0.15, -0.1) is 0 Å². The largest absolute Gasteiger partial charge is 0.446 e. The van der Waals surface area contributed by atoms with Crippen LogP contribution in [0.3, 0.4) is 0 Å². The van der Waals surface area contributed by atoms with E-state index < -0.39 is 5.60 Å². The molecule has 172 valence electrons. The van der Waals surface area contributed by atoms with E-state index in [1.54, 1.807) is 0 Å². The molecule has 1 unspecified atom stereocenters. The molecule has 36 heavy (non-hydrogen) atoms. The molecule has 0 N–H and O–H groups in total. The first-order valence-corrected chi connectivity index (χ1v) is 13.3. The molecule has 0 bridgehead atoms. The highest BCUT2D eigenvalue weighted by Crippen LogP contribution is 2.51. The predicted octanol–water partition coefficient (Wildman–Crippen LogP) is 8.83. The number of thiophene rings is 1. The summed E-state index contributed by atoms with van der Waals surface area (Å²) < 4.78 is 8.91. The Morgan fingerprint density at radius 1 is 0.639 bits per heavy atom. The molecule has 1 heterocycles. The Morgan fingerprint density at radius 2 is 1.22 bits per heavy atom. The second-order valence-corrected chi connectivity index (χ2v) is 11.3. The molecule has 7 rings (SSSR count). The Bertz CT molecular complexity index is 1750. The van der Waals surface area contributed by atoms with Gasteiger partial charge in [-0.25, -0.2) is 4.79 Å². The minimum absolute atomic E-state index is 0.186. The molecule has 0 amide bonds. The summed E-state index contributed by atoms with van der Waals surface area (Å²) in [6, 6.07) is 41.6. The smallest absolute Gasteiger partial charge is 0.339 e. The summed E-state index contributed by atoms with van der Waals surface area (Å²) in [6.07, 6.45) is 0. The molecule has 2 nitrogen and oxygen atoms in total. The number of ether oxygens (including phenoxy) is 1. The van der Waals surface area contributed by atoms with E-state index in [1.165, 1.54) is 19.7 Å². The Hall–Kier alpha value is -4.21. The van der Waals surface area contributed by atoms with Crippen molar-refractivity contribution in [1.82, 2.24) is 0 Å². The fourth-order valence-corrected chi connectivity index (χ4v) is 7.99. The first-order chi connectivity index (χ1) is 17.6. The van der Waals surface area contributed by atoms with Crippen LogP contribution >= 0.6 is 10.5 Å². The summed E-state index contributed by atoms with van der Waals surface area (Å²) in [4.78, 5) is 15.0. The van der Waals surface area contributed by atoms with Gasteiger partial charge in [0.25, 0.3) is 0 Å². The number of fused-ring (bicyclic) bond motifs is 6. The zero-order chi connectivity index (χ0) is 24.3. The van der Waals surface area contributed by atoms with Gasteiger partial charge in [0.1, 0.15) is 0 Å². The maximum atomic E-state index is 13.7. The Morgan fingerprint density at radius 3 is 1.94 bits per heavy atom. The van der Waals surface area contributed by atoms with E-state index in [-0.39, 0.29) is 16.4 Å². The average molecular weight is 484 g/mol. The molecule has 0 fully saturated rings. The third-order valence-corrected chi connectivity index (χ3v) is 9.62. The minimum atomic E-state index is -0.838. The maximum Gasteiger partial charge on any atom is 0.339 e. The van der Waals surface area contributed by atoms with Crippen LogP contribution in [-0.4, -0.2) is 5.97 Å². The second-order valence-electron chi connectivity index (χ2n) is 9.34. The minimum Gasteiger partial charge on any atom is -0.446 e. The summed E-state index contributed by atoms with van der Waals surface area (Å²) in [5.41, 5.74) is 4.03. The van der Waals surface area contributed by atoms with Gasteiger partial charge in [-0.1, -0.05) is 78.9 Å². The van der Waals surface area contributed by atoms with Crippen molar-refractivity contribution in [1.29, 1.82) is 0 Å². The Kier molecular flexibility index (Phi) is 4.63. The van der Waals surface area contributed by atoms with Crippen molar-refractivity contribution in [3.8, 4) is 16.0 Å². The van der Waals surface area contributed by atoms with Gasteiger partial charge in [-0.2, -0.15) is 0 Å². The van der Waals surface area contributed by atoms with Crippen LogP contribution in [-0.2, 0) is 10.3 Å². The molecular formula is C33H23O2S+. The molecule has 1 atom stereocenters. The molecular weight excluding hydrogens is 460 g/mol. The monoisotopic (exact) mass is 483 g/mol. The van der Waals surface area contributed by atoms with Crippen molar-refractivity contribution in [3.63, 3.8) is 0 Å². The third kappa shape index (κ3) is 3.00. The van der Waals surface area contributed by atoms with Crippen LogP contribution in [0.15, 0.2) is 121 Å². The summed E-state index contributed by atoms with van der Waals surface area (Å²) >= 11 is 0. The molecule has 1 aliphatic rings. The van der Waals surface area contributed by atoms with Crippen LogP contribution in [0.2, 0.25) is 0 Å². The standard InChI is InChI=1S/C33H23O2S/c1-33(28-16-8-5-13-24(28)25-14-6-9-17-29(25)33)35-32(34)22-19-20-31-27(21-22)26-15-7-10-18-30(26)36(31)23-11-3-2-4-12-23/h2-21H,1H3/q+1. The van der Waals surface area contributed by atoms with Crippen LogP contribution < -0.4 is 0 Å². The highest BCUT2D eigenvalue weighted by Gasteiger charge is 2.42. The fourth-order valence-electron chi connectivity index (χ4n) is 5.61. The number of carbonyl (C=O) groups is 1. The zero-order valence-electron chi connectivity index (χ0n) is 19.8. The van der Waals surface area contributed by atoms with E-state index in [4.69, 9.17) is 4.74 Å². The lowest BCUT2D eigenvalue weighted by molar-refractivity contribution is 0.00788. The van der Waals surface area contributed by atoms with E-state index >= 15 is 0 Å². The van der Waals surface area contributed by atoms with Gasteiger partial charge in [0.15, 0.2) is 19.9 Å². The van der Waals surface area contributed by atoms with Crippen molar-refractivity contribution >= 4 is 36.6 Å². The van der Waals surface area contributed by atoms with Gasteiger partial charge in [-0.3, -0.25) is 0 Å². The maximum absolute atomic E-state index is 13.7. The Balaban J connectivity index is 1.35. The lowest BCUT2D eigenvalue weighted by Crippen LogP contribution is -2.28. The topological polar surface area (TPSA) is 26.3 Å². The zero-order valence-corrected chi connectivity index (χ0v) is 20.6. The van der Waals surface area contributed by atoms with Crippen molar-refractivity contribution in [2.24, 2.45) is 0 Å². The van der Waals surface area contributed by atoms with Crippen LogP contribution in [0.1, 0.15) is 28.4 Å². The molecule has 5 aromatic carbocycles. The highest BCUT2D eigenvalue weighted by molar-refractivity contribution is 7.50. The number of esters is 1. The van der Waals surface area contributed by atoms with E-state index in [0.717, 1.165) is 27.6 Å². The summed E-state index contributed by atoms with van der Waals surface area (Å²) in [5, 5.41) is 2.31. The lowest BCUT2D eigenvalue weighted by Gasteiger charge is -2.27. The number of rotatable bonds is 3. The molecule has 0 aliphatic heterocycles. The average Bonchev–Trinajstić information content (AvgIpc) is 3.39. The lowest BCUT2D eigenvalue weighted by atomic mass is 9.93. The second kappa shape index (κ2) is 7.91. The van der Waals surface area contributed by atoms with E-state index in [0.29, 0.717) is 5.56 Å². The predicted molar refractivity (Wildman–Crippen MR) is 149 cm³/mol. The first-order valence-electron chi connectivity index (χ1n) is 12.1. The SMILES string of the molecule is CC1(OC(=O)c2ccc3c(c2)c2ccccc2[s+]3-c2ccccc2)c2ccccc2-c2ccccc21.